The maximum Gasteiger partial charge on any atom is 0.253 e. The molecule has 1 aromatic rings. The van der Waals surface area contributed by atoms with E-state index in [4.69, 9.17) is 4.74 Å². The van der Waals surface area contributed by atoms with Gasteiger partial charge in [-0.05, 0) is 30.0 Å². The zero-order valence-corrected chi connectivity index (χ0v) is 12.6. The number of carbonyl (C=O) groups excluding carboxylic acids is 2. The van der Waals surface area contributed by atoms with E-state index in [1.165, 1.54) is 0 Å². The molecular weight excluding hydrogens is 268 g/mol. The minimum atomic E-state index is -0.0215. The van der Waals surface area contributed by atoms with Crippen LogP contribution in [0.15, 0.2) is 24.3 Å². The van der Waals surface area contributed by atoms with E-state index in [1.54, 1.807) is 31.1 Å². The van der Waals surface area contributed by atoms with Gasteiger partial charge in [-0.1, -0.05) is 12.1 Å². The van der Waals surface area contributed by atoms with Crippen LogP contribution in [0.25, 0.3) is 0 Å². The van der Waals surface area contributed by atoms with E-state index in [2.05, 4.69) is 5.32 Å². The number of rotatable bonds is 5. The molecule has 5 heteroatoms. The fourth-order valence-corrected chi connectivity index (χ4v) is 2.30. The van der Waals surface area contributed by atoms with Gasteiger partial charge in [0.05, 0.1) is 0 Å². The van der Waals surface area contributed by atoms with Crippen LogP contribution in [0.1, 0.15) is 28.8 Å². The Balaban J connectivity index is 1.80. The molecule has 1 atom stereocenters. The highest BCUT2D eigenvalue weighted by Gasteiger charge is 2.18. The molecule has 114 valence electrons. The lowest BCUT2D eigenvalue weighted by Gasteiger charge is -2.11. The molecule has 1 aromatic carbocycles. The molecule has 2 rings (SSSR count). The van der Waals surface area contributed by atoms with Gasteiger partial charge in [-0.3, -0.25) is 9.59 Å². The molecule has 1 N–H and O–H groups in total. The summed E-state index contributed by atoms with van der Waals surface area (Å²) >= 11 is 0. The average Bonchev–Trinajstić information content (AvgIpc) is 2.97. The SMILES string of the molecule is CN(C)C(=O)c1ccc(CNC(=O)C[C@H]2CCOC2)cc1. The molecule has 5 nitrogen and oxygen atoms in total. The number of nitrogens with one attached hydrogen (secondary N) is 1. The lowest BCUT2D eigenvalue weighted by Crippen LogP contribution is -2.25. The van der Waals surface area contributed by atoms with E-state index in [0.717, 1.165) is 18.6 Å². The van der Waals surface area contributed by atoms with Crippen molar-refractivity contribution >= 4 is 11.8 Å². The molecule has 0 bridgehead atoms. The van der Waals surface area contributed by atoms with Gasteiger partial charge in [0.15, 0.2) is 0 Å². The van der Waals surface area contributed by atoms with Gasteiger partial charge in [0, 0.05) is 45.8 Å². The highest BCUT2D eigenvalue weighted by atomic mass is 16.5. The normalized spacial score (nSPS) is 17.5. The standard InChI is InChI=1S/C16H22N2O3/c1-18(2)16(20)14-5-3-12(4-6-14)10-17-15(19)9-13-7-8-21-11-13/h3-6,13H,7-11H2,1-2H3,(H,17,19)/t13-/m1/s1. The third kappa shape index (κ3) is 4.56. The fraction of sp³-hybridized carbons (Fsp3) is 0.500. The quantitative estimate of drug-likeness (QED) is 0.892. The molecule has 0 spiro atoms. The Morgan fingerprint density at radius 3 is 2.57 bits per heavy atom. The van der Waals surface area contributed by atoms with Crippen LogP contribution in [0, 0.1) is 5.92 Å². The lowest BCUT2D eigenvalue weighted by atomic mass is 10.0. The summed E-state index contributed by atoms with van der Waals surface area (Å²) < 4.78 is 5.26. The van der Waals surface area contributed by atoms with Crippen molar-refractivity contribution in [2.45, 2.75) is 19.4 Å². The zero-order chi connectivity index (χ0) is 15.2. The van der Waals surface area contributed by atoms with Crippen molar-refractivity contribution in [3.63, 3.8) is 0 Å². The van der Waals surface area contributed by atoms with E-state index in [1.807, 2.05) is 12.1 Å². The summed E-state index contributed by atoms with van der Waals surface area (Å²) in [4.78, 5) is 25.1. The molecular formula is C16H22N2O3. The second-order valence-corrected chi connectivity index (χ2v) is 5.61. The first kappa shape index (κ1) is 15.5. The van der Waals surface area contributed by atoms with E-state index in [0.29, 0.717) is 31.1 Å². The first-order chi connectivity index (χ1) is 10.1. The first-order valence-corrected chi connectivity index (χ1v) is 7.21. The Hall–Kier alpha value is -1.88. The number of benzene rings is 1. The average molecular weight is 290 g/mol. The number of hydrogen-bond acceptors (Lipinski definition) is 3. The van der Waals surface area contributed by atoms with Crippen LogP contribution < -0.4 is 5.32 Å². The maximum absolute atomic E-state index is 11.8. The number of carbonyl (C=O) groups is 2. The fourth-order valence-electron chi connectivity index (χ4n) is 2.30. The lowest BCUT2D eigenvalue weighted by molar-refractivity contribution is -0.122. The van der Waals surface area contributed by atoms with Crippen molar-refractivity contribution in [2.24, 2.45) is 5.92 Å². The van der Waals surface area contributed by atoms with Crippen LogP contribution in [-0.4, -0.2) is 44.0 Å². The smallest absolute Gasteiger partial charge is 0.253 e. The third-order valence-electron chi connectivity index (χ3n) is 3.59. The van der Waals surface area contributed by atoms with Gasteiger partial charge in [0.2, 0.25) is 5.91 Å². The van der Waals surface area contributed by atoms with Gasteiger partial charge in [-0.2, -0.15) is 0 Å². The predicted molar refractivity (Wildman–Crippen MR) is 79.8 cm³/mol. The summed E-state index contributed by atoms with van der Waals surface area (Å²) in [5, 5.41) is 2.91. The van der Waals surface area contributed by atoms with Crippen LogP contribution in [0.4, 0.5) is 0 Å². The van der Waals surface area contributed by atoms with Crippen LogP contribution in [0.5, 0.6) is 0 Å². The molecule has 1 heterocycles. The summed E-state index contributed by atoms with van der Waals surface area (Å²) in [5.41, 5.74) is 1.64. The van der Waals surface area contributed by atoms with Gasteiger partial charge in [-0.15, -0.1) is 0 Å². The molecule has 1 saturated heterocycles. The van der Waals surface area contributed by atoms with E-state index in [-0.39, 0.29) is 11.8 Å². The number of nitrogens with zero attached hydrogens (tertiary/aromatic N) is 1. The van der Waals surface area contributed by atoms with Crippen LogP contribution >= 0.6 is 0 Å². The van der Waals surface area contributed by atoms with Crippen LogP contribution in [0.3, 0.4) is 0 Å². The Morgan fingerprint density at radius 2 is 2.00 bits per heavy atom. The highest BCUT2D eigenvalue weighted by Crippen LogP contribution is 2.16. The van der Waals surface area contributed by atoms with Crippen molar-refractivity contribution in [1.82, 2.24) is 10.2 Å². The molecule has 1 aliphatic heterocycles. The van der Waals surface area contributed by atoms with Gasteiger partial charge in [-0.25, -0.2) is 0 Å². The summed E-state index contributed by atoms with van der Waals surface area (Å²) in [6.07, 6.45) is 1.49. The second kappa shape index (κ2) is 7.22. The van der Waals surface area contributed by atoms with E-state index < -0.39 is 0 Å². The molecule has 1 aliphatic rings. The van der Waals surface area contributed by atoms with Gasteiger partial charge in [0.1, 0.15) is 0 Å². The van der Waals surface area contributed by atoms with E-state index in [9.17, 15) is 9.59 Å². The number of hydrogen-bond donors (Lipinski definition) is 1. The largest absolute Gasteiger partial charge is 0.381 e. The van der Waals surface area contributed by atoms with Crippen molar-refractivity contribution in [3.8, 4) is 0 Å². The minimum Gasteiger partial charge on any atom is -0.381 e. The predicted octanol–water partition coefficient (Wildman–Crippen LogP) is 1.43. The van der Waals surface area contributed by atoms with Gasteiger partial charge < -0.3 is 15.0 Å². The molecule has 0 unspecified atom stereocenters. The number of ether oxygens (including phenoxy) is 1. The summed E-state index contributed by atoms with van der Waals surface area (Å²) in [7, 11) is 3.45. The maximum atomic E-state index is 11.8. The molecule has 0 aromatic heterocycles. The van der Waals surface area contributed by atoms with Crippen molar-refractivity contribution < 1.29 is 14.3 Å². The van der Waals surface area contributed by atoms with Crippen molar-refractivity contribution in [1.29, 1.82) is 0 Å². The highest BCUT2D eigenvalue weighted by molar-refractivity contribution is 5.93. The summed E-state index contributed by atoms with van der Waals surface area (Å²) in [6.45, 7) is 1.94. The molecule has 0 aliphatic carbocycles. The Labute approximate surface area is 125 Å². The Kier molecular flexibility index (Phi) is 5.33. The van der Waals surface area contributed by atoms with Gasteiger partial charge >= 0.3 is 0 Å². The van der Waals surface area contributed by atoms with Gasteiger partial charge in [0.25, 0.3) is 5.91 Å². The molecule has 21 heavy (non-hydrogen) atoms. The van der Waals surface area contributed by atoms with Crippen LogP contribution in [-0.2, 0) is 16.1 Å². The summed E-state index contributed by atoms with van der Waals surface area (Å²) in [6, 6.07) is 7.31. The van der Waals surface area contributed by atoms with Crippen molar-refractivity contribution in [3.05, 3.63) is 35.4 Å². The Bertz CT molecular complexity index is 491. The number of amides is 2. The zero-order valence-electron chi connectivity index (χ0n) is 12.6. The van der Waals surface area contributed by atoms with Crippen LogP contribution in [0.2, 0.25) is 0 Å². The van der Waals surface area contributed by atoms with Crippen molar-refractivity contribution in [2.75, 3.05) is 27.3 Å². The third-order valence-corrected chi connectivity index (χ3v) is 3.59. The molecule has 2 amide bonds. The Morgan fingerprint density at radius 1 is 1.29 bits per heavy atom. The minimum absolute atomic E-state index is 0.0215. The monoisotopic (exact) mass is 290 g/mol. The second-order valence-electron chi connectivity index (χ2n) is 5.61. The topological polar surface area (TPSA) is 58.6 Å². The molecule has 0 radical (unpaired) electrons. The summed E-state index contributed by atoms with van der Waals surface area (Å²) in [5.74, 6) is 0.385. The molecule has 0 saturated carbocycles. The van der Waals surface area contributed by atoms with E-state index >= 15 is 0 Å². The molecule has 1 fully saturated rings. The first-order valence-electron chi connectivity index (χ1n) is 7.21.